The smallest absolute Gasteiger partial charge is 0.169 e. The number of hydrogen-bond donors (Lipinski definition) is 0. The maximum Gasteiger partial charge on any atom is 0.169 e. The number of hydrogen-bond acceptors (Lipinski definition) is 3. The number of furan rings is 2. The molecule has 0 fully saturated rings. The number of halogens is 4. The van der Waals surface area contributed by atoms with Gasteiger partial charge in [0.25, 0.3) is 0 Å². The SMILES string of the molecule is O=C(C(CBr)c1ccc(Br)o1)C(CBr)c1ccc(Br)o1. The van der Waals surface area contributed by atoms with E-state index in [0.717, 1.165) is 0 Å². The summed E-state index contributed by atoms with van der Waals surface area (Å²) in [5.74, 6) is 0.605. The van der Waals surface area contributed by atoms with Crippen LogP contribution in [0.25, 0.3) is 0 Å². The Morgan fingerprint density at radius 3 is 1.55 bits per heavy atom. The van der Waals surface area contributed by atoms with Gasteiger partial charge in [-0.2, -0.15) is 0 Å². The molecule has 2 heterocycles. The quantitative estimate of drug-likeness (QED) is 0.453. The van der Waals surface area contributed by atoms with Gasteiger partial charge < -0.3 is 8.83 Å². The minimum absolute atomic E-state index is 0.0439. The summed E-state index contributed by atoms with van der Waals surface area (Å²) >= 11 is 13.3. The summed E-state index contributed by atoms with van der Waals surface area (Å²) in [5.41, 5.74) is 0. The Morgan fingerprint density at radius 2 is 1.30 bits per heavy atom. The monoisotopic (exact) mass is 530 g/mol. The van der Waals surface area contributed by atoms with Gasteiger partial charge in [0.2, 0.25) is 0 Å². The molecule has 3 nitrogen and oxygen atoms in total. The van der Waals surface area contributed by atoms with Gasteiger partial charge in [-0.3, -0.25) is 4.79 Å². The highest BCUT2D eigenvalue weighted by molar-refractivity contribution is 9.10. The first kappa shape index (κ1) is 16.5. The number of alkyl halides is 2. The van der Waals surface area contributed by atoms with Crippen LogP contribution in [0.3, 0.4) is 0 Å². The summed E-state index contributed by atoms with van der Waals surface area (Å²) in [5, 5.41) is 0.994. The Hall–Kier alpha value is 0.150. The van der Waals surface area contributed by atoms with E-state index in [-0.39, 0.29) is 17.6 Å². The lowest BCUT2D eigenvalue weighted by molar-refractivity contribution is -0.121. The summed E-state index contributed by atoms with van der Waals surface area (Å²) in [6, 6.07) is 7.17. The highest BCUT2D eigenvalue weighted by Gasteiger charge is 2.32. The average molecular weight is 534 g/mol. The molecule has 0 aliphatic rings. The molecule has 0 saturated carbocycles. The Morgan fingerprint density at radius 1 is 0.900 bits per heavy atom. The van der Waals surface area contributed by atoms with Crippen molar-refractivity contribution < 1.29 is 13.6 Å². The fraction of sp³-hybridized carbons (Fsp3) is 0.308. The molecule has 20 heavy (non-hydrogen) atoms. The van der Waals surface area contributed by atoms with Gasteiger partial charge in [0.1, 0.15) is 11.5 Å². The van der Waals surface area contributed by atoms with Crippen LogP contribution >= 0.6 is 63.7 Å². The molecule has 0 aliphatic carbocycles. The zero-order chi connectivity index (χ0) is 14.7. The fourth-order valence-corrected chi connectivity index (χ4v) is 3.77. The van der Waals surface area contributed by atoms with Crippen molar-refractivity contribution in [3.8, 4) is 0 Å². The van der Waals surface area contributed by atoms with E-state index < -0.39 is 0 Å². The lowest BCUT2D eigenvalue weighted by Gasteiger charge is -2.16. The molecule has 0 N–H and O–H groups in total. The zero-order valence-electron chi connectivity index (χ0n) is 10.1. The number of carbonyl (C=O) groups excluding carboxylic acids is 1. The van der Waals surface area contributed by atoms with Crippen molar-refractivity contribution in [2.75, 3.05) is 10.7 Å². The predicted octanol–water partition coefficient (Wildman–Crippen LogP) is 5.62. The Balaban J connectivity index is 2.26. The number of ketones is 1. The molecule has 2 rings (SSSR count). The van der Waals surface area contributed by atoms with E-state index >= 15 is 0 Å². The minimum Gasteiger partial charge on any atom is -0.454 e. The van der Waals surface area contributed by atoms with Crippen LogP contribution in [0.2, 0.25) is 0 Å². The van der Waals surface area contributed by atoms with Crippen LogP contribution in [-0.2, 0) is 4.79 Å². The molecule has 0 amide bonds. The number of rotatable bonds is 6. The van der Waals surface area contributed by atoms with Gasteiger partial charge in [-0.1, -0.05) is 31.9 Å². The second kappa shape index (κ2) is 7.42. The van der Waals surface area contributed by atoms with E-state index in [4.69, 9.17) is 8.83 Å². The first-order valence-corrected chi connectivity index (χ1v) is 9.55. The van der Waals surface area contributed by atoms with Crippen LogP contribution in [0.4, 0.5) is 0 Å². The van der Waals surface area contributed by atoms with E-state index in [1.54, 1.807) is 24.3 Å². The molecule has 2 atom stereocenters. The first-order chi connectivity index (χ1) is 9.56. The predicted molar refractivity (Wildman–Crippen MR) is 90.9 cm³/mol. The summed E-state index contributed by atoms with van der Waals surface area (Å²) in [6.07, 6.45) is 0. The molecule has 2 aromatic rings. The highest BCUT2D eigenvalue weighted by atomic mass is 79.9. The molecule has 7 heteroatoms. The van der Waals surface area contributed by atoms with E-state index in [0.29, 0.717) is 31.5 Å². The van der Waals surface area contributed by atoms with Gasteiger partial charge >= 0.3 is 0 Å². The van der Waals surface area contributed by atoms with Crippen molar-refractivity contribution in [2.24, 2.45) is 0 Å². The lowest BCUT2D eigenvalue weighted by Crippen LogP contribution is -2.22. The van der Waals surface area contributed by atoms with Gasteiger partial charge in [-0.25, -0.2) is 0 Å². The second-order valence-corrected chi connectivity index (χ2v) is 6.96. The van der Waals surface area contributed by atoms with E-state index in [1.165, 1.54) is 0 Å². The third kappa shape index (κ3) is 3.67. The molecule has 0 spiro atoms. The summed E-state index contributed by atoms with van der Waals surface area (Å²) in [6.45, 7) is 0. The van der Waals surface area contributed by atoms with Crippen molar-refractivity contribution in [1.82, 2.24) is 0 Å². The van der Waals surface area contributed by atoms with Gasteiger partial charge in [-0.15, -0.1) is 0 Å². The molecule has 0 aromatic carbocycles. The van der Waals surface area contributed by atoms with Gasteiger partial charge in [0, 0.05) is 10.7 Å². The Kier molecular flexibility index (Phi) is 6.13. The minimum atomic E-state index is -0.354. The highest BCUT2D eigenvalue weighted by Crippen LogP contribution is 2.32. The van der Waals surface area contributed by atoms with Gasteiger partial charge in [0.05, 0.1) is 11.8 Å². The normalized spacial score (nSPS) is 14.2. The van der Waals surface area contributed by atoms with Crippen molar-refractivity contribution in [2.45, 2.75) is 11.8 Å². The number of Topliss-reactive ketones (excluding diaryl/α,β-unsaturated/α-hetero) is 1. The van der Waals surface area contributed by atoms with Crippen LogP contribution in [0.5, 0.6) is 0 Å². The van der Waals surface area contributed by atoms with Crippen molar-refractivity contribution in [3.63, 3.8) is 0 Å². The maximum absolute atomic E-state index is 12.7. The molecule has 0 radical (unpaired) electrons. The fourth-order valence-electron chi connectivity index (χ4n) is 1.86. The summed E-state index contributed by atoms with van der Waals surface area (Å²) < 4.78 is 12.2. The Labute approximate surface area is 150 Å². The van der Waals surface area contributed by atoms with Crippen LogP contribution in [-0.4, -0.2) is 16.4 Å². The van der Waals surface area contributed by atoms with E-state index in [2.05, 4.69) is 63.7 Å². The third-order valence-electron chi connectivity index (χ3n) is 2.87. The lowest BCUT2D eigenvalue weighted by atomic mass is 9.92. The van der Waals surface area contributed by atoms with Crippen LogP contribution in [0.15, 0.2) is 42.4 Å². The largest absolute Gasteiger partial charge is 0.454 e. The maximum atomic E-state index is 12.7. The molecule has 0 bridgehead atoms. The van der Waals surface area contributed by atoms with Crippen LogP contribution in [0.1, 0.15) is 23.4 Å². The molecule has 0 aliphatic heterocycles. The zero-order valence-corrected chi connectivity index (χ0v) is 16.5. The van der Waals surface area contributed by atoms with Crippen LogP contribution < -0.4 is 0 Å². The van der Waals surface area contributed by atoms with E-state index in [9.17, 15) is 4.79 Å². The topological polar surface area (TPSA) is 43.4 Å². The standard InChI is InChI=1S/C13H10Br4O3/c14-5-7(9-1-3-11(16)19-9)13(18)8(6-15)10-2-4-12(17)20-10/h1-4,7-8H,5-6H2. The molecule has 0 saturated heterocycles. The van der Waals surface area contributed by atoms with Gasteiger partial charge in [-0.05, 0) is 56.1 Å². The molecule has 2 aromatic heterocycles. The first-order valence-electron chi connectivity index (χ1n) is 5.73. The third-order valence-corrected chi connectivity index (χ3v) is 5.02. The van der Waals surface area contributed by atoms with Gasteiger partial charge in [0.15, 0.2) is 15.1 Å². The van der Waals surface area contributed by atoms with Crippen LogP contribution in [0, 0.1) is 0 Å². The second-order valence-electron chi connectivity index (χ2n) is 4.10. The summed E-state index contributed by atoms with van der Waals surface area (Å²) in [7, 11) is 0. The molecular weight excluding hydrogens is 524 g/mol. The number of carbonyl (C=O) groups is 1. The van der Waals surface area contributed by atoms with E-state index in [1.807, 2.05) is 0 Å². The summed E-state index contributed by atoms with van der Waals surface area (Å²) in [4.78, 5) is 12.7. The molecule has 2 unspecified atom stereocenters. The van der Waals surface area contributed by atoms with Crippen molar-refractivity contribution in [3.05, 3.63) is 45.1 Å². The average Bonchev–Trinajstić information content (AvgIpc) is 3.01. The van der Waals surface area contributed by atoms with Crippen molar-refractivity contribution in [1.29, 1.82) is 0 Å². The molecule has 108 valence electrons. The Bertz CT molecular complexity index is 540. The molecular formula is C13H10Br4O3. The van der Waals surface area contributed by atoms with Crippen molar-refractivity contribution >= 4 is 69.5 Å².